The van der Waals surface area contributed by atoms with E-state index in [0.29, 0.717) is 0 Å². The maximum absolute atomic E-state index is 2.43. The van der Waals surface area contributed by atoms with Gasteiger partial charge < -0.3 is 0 Å². The maximum Gasteiger partial charge on any atom is 0.0439 e. The Morgan fingerprint density at radius 1 is 1.00 bits per heavy atom. The van der Waals surface area contributed by atoms with Crippen molar-refractivity contribution in [3.8, 4) is 0 Å². The van der Waals surface area contributed by atoms with E-state index in [1.165, 1.54) is 5.56 Å². The molecule has 0 radical (unpaired) electrons. The van der Waals surface area contributed by atoms with Crippen molar-refractivity contribution in [1.82, 2.24) is 0 Å². The summed E-state index contributed by atoms with van der Waals surface area (Å²) in [6.07, 6.45) is 10.4. The average Bonchev–Trinajstić information content (AvgIpc) is 2.72. The van der Waals surface area contributed by atoms with Gasteiger partial charge in [0.1, 0.15) is 0 Å². The molecule has 2 heteroatoms. The van der Waals surface area contributed by atoms with E-state index < -0.39 is 8.80 Å². The van der Waals surface area contributed by atoms with Gasteiger partial charge in [0.15, 0.2) is 0 Å². The summed E-state index contributed by atoms with van der Waals surface area (Å²) in [7, 11) is -0.586. The second-order valence-electron chi connectivity index (χ2n) is 5.29. The van der Waals surface area contributed by atoms with Gasteiger partial charge in [-0.15, -0.1) is 0 Å². The van der Waals surface area contributed by atoms with Crippen LogP contribution in [0.15, 0.2) is 54.1 Å². The molecule has 1 aromatic rings. The van der Waals surface area contributed by atoms with Crippen LogP contribution < -0.4 is 0 Å². The standard InChI is InChI=1S/C12H16Si.C6H10.Ti/c1-9-8-10-6-4-5-7-11(10)12(9)13(2)3;1-3-5-6-4-2;/h4-8,12-13H,1-3H3;3-6H,1-2H3;. The predicted octanol–water partition coefficient (Wildman–Crippen LogP) is 5.35. The molecule has 1 atom stereocenters. The molecule has 20 heavy (non-hydrogen) atoms. The molecule has 2 rings (SSSR count). The van der Waals surface area contributed by atoms with Crippen LogP contribution in [0.3, 0.4) is 0 Å². The zero-order valence-electron chi connectivity index (χ0n) is 13.4. The minimum absolute atomic E-state index is 0. The van der Waals surface area contributed by atoms with E-state index in [0.717, 1.165) is 5.54 Å². The second kappa shape index (κ2) is 10.1. The first-order chi connectivity index (χ1) is 9.11. The fourth-order valence-corrected chi connectivity index (χ4v) is 4.78. The Kier molecular flexibility index (Phi) is 9.83. The SMILES string of the molecule is CC1=Cc2ccccc2C1[SiH](C)C.CC=CC=CC.[Ti]. The van der Waals surface area contributed by atoms with E-state index in [1.807, 2.05) is 38.2 Å². The van der Waals surface area contributed by atoms with Crippen LogP contribution in [0.25, 0.3) is 6.08 Å². The smallest absolute Gasteiger partial charge is 0.0439 e. The van der Waals surface area contributed by atoms with E-state index in [-0.39, 0.29) is 21.7 Å². The van der Waals surface area contributed by atoms with E-state index in [2.05, 4.69) is 50.4 Å². The molecular formula is C18H26SiTi. The number of hydrogen-bond acceptors (Lipinski definition) is 0. The zero-order valence-corrected chi connectivity index (χ0v) is 16.1. The van der Waals surface area contributed by atoms with Crippen molar-refractivity contribution < 1.29 is 21.7 Å². The number of rotatable bonds is 2. The third kappa shape index (κ3) is 5.40. The molecule has 0 spiro atoms. The van der Waals surface area contributed by atoms with E-state index in [9.17, 15) is 0 Å². The molecule has 1 aliphatic carbocycles. The van der Waals surface area contributed by atoms with Crippen LogP contribution in [0.1, 0.15) is 37.4 Å². The molecule has 1 aliphatic rings. The molecule has 0 aromatic heterocycles. The molecule has 1 unspecified atom stereocenters. The fourth-order valence-electron chi connectivity index (χ4n) is 2.61. The predicted molar refractivity (Wildman–Crippen MR) is 91.3 cm³/mol. The summed E-state index contributed by atoms with van der Waals surface area (Å²) in [5.41, 5.74) is 5.38. The molecule has 1 aromatic carbocycles. The summed E-state index contributed by atoms with van der Waals surface area (Å²) in [6, 6.07) is 8.82. The van der Waals surface area contributed by atoms with Crippen LogP contribution in [0.4, 0.5) is 0 Å². The summed E-state index contributed by atoms with van der Waals surface area (Å²) in [5.74, 6) is 0. The number of fused-ring (bicyclic) bond motifs is 1. The molecule has 0 fully saturated rings. The van der Waals surface area contributed by atoms with Crippen molar-refractivity contribution in [3.63, 3.8) is 0 Å². The van der Waals surface area contributed by atoms with Crippen molar-refractivity contribution in [3.05, 3.63) is 65.3 Å². The first-order valence-electron chi connectivity index (χ1n) is 7.12. The molecule has 0 saturated carbocycles. The van der Waals surface area contributed by atoms with Gasteiger partial charge in [-0.1, -0.05) is 73.3 Å². The molecule has 0 N–H and O–H groups in total. The number of hydrogen-bond donors (Lipinski definition) is 0. The van der Waals surface area contributed by atoms with Gasteiger partial charge in [0.05, 0.1) is 0 Å². The van der Waals surface area contributed by atoms with Crippen molar-refractivity contribution in [2.45, 2.75) is 39.4 Å². The van der Waals surface area contributed by atoms with Crippen LogP contribution in [-0.2, 0) is 21.7 Å². The van der Waals surface area contributed by atoms with Gasteiger partial charge in [-0.25, -0.2) is 0 Å². The number of benzene rings is 1. The van der Waals surface area contributed by atoms with Gasteiger partial charge in [-0.3, -0.25) is 0 Å². The summed E-state index contributed by atoms with van der Waals surface area (Å²) in [5, 5.41) is 0. The quantitative estimate of drug-likeness (QED) is 0.509. The fraction of sp³-hybridized carbons (Fsp3) is 0.333. The Morgan fingerprint density at radius 2 is 1.55 bits per heavy atom. The molecule has 0 amide bonds. The van der Waals surface area contributed by atoms with Crippen molar-refractivity contribution in [2.75, 3.05) is 0 Å². The Morgan fingerprint density at radius 3 is 2.05 bits per heavy atom. The van der Waals surface area contributed by atoms with Gasteiger partial charge in [-0.2, -0.15) is 0 Å². The van der Waals surface area contributed by atoms with Gasteiger partial charge in [0.2, 0.25) is 0 Å². The van der Waals surface area contributed by atoms with Gasteiger partial charge >= 0.3 is 0 Å². The van der Waals surface area contributed by atoms with Crippen molar-refractivity contribution >= 4 is 14.9 Å². The first kappa shape index (κ1) is 19.4. The molecule has 0 heterocycles. The normalized spacial score (nSPS) is 16.7. The summed E-state index contributed by atoms with van der Waals surface area (Å²) in [4.78, 5) is 0. The van der Waals surface area contributed by atoms with Crippen molar-refractivity contribution in [2.24, 2.45) is 0 Å². The van der Waals surface area contributed by atoms with Gasteiger partial charge in [0, 0.05) is 30.5 Å². The van der Waals surface area contributed by atoms with E-state index in [1.54, 1.807) is 11.1 Å². The molecule has 0 aliphatic heterocycles. The molecule has 0 saturated heterocycles. The van der Waals surface area contributed by atoms with Crippen molar-refractivity contribution in [1.29, 1.82) is 0 Å². The van der Waals surface area contributed by atoms with Gasteiger partial charge in [0.25, 0.3) is 0 Å². The van der Waals surface area contributed by atoms with E-state index >= 15 is 0 Å². The Labute approximate surface area is 141 Å². The number of allylic oxidation sites excluding steroid dienone is 5. The summed E-state index contributed by atoms with van der Waals surface area (Å²) >= 11 is 0. The zero-order chi connectivity index (χ0) is 14.3. The third-order valence-electron chi connectivity index (χ3n) is 3.37. The summed E-state index contributed by atoms with van der Waals surface area (Å²) < 4.78 is 0. The summed E-state index contributed by atoms with van der Waals surface area (Å²) in [6.45, 7) is 11.1. The molecule has 0 bridgehead atoms. The maximum atomic E-state index is 2.43. The Bertz CT molecular complexity index is 474. The van der Waals surface area contributed by atoms with Crippen LogP contribution in [0.5, 0.6) is 0 Å². The minimum atomic E-state index is -0.586. The second-order valence-corrected chi connectivity index (χ2v) is 8.45. The molecular weight excluding hydrogens is 292 g/mol. The van der Waals surface area contributed by atoms with Crippen LogP contribution >= 0.6 is 0 Å². The topological polar surface area (TPSA) is 0 Å². The minimum Gasteiger partial charge on any atom is -0.0877 e. The first-order valence-corrected chi connectivity index (χ1v) is 10.1. The molecule has 106 valence electrons. The van der Waals surface area contributed by atoms with Gasteiger partial charge in [-0.05, 0) is 37.4 Å². The Hall–Kier alpha value is -0.629. The Balaban J connectivity index is 0.000000448. The molecule has 0 nitrogen and oxygen atoms in total. The van der Waals surface area contributed by atoms with Crippen LogP contribution in [0.2, 0.25) is 13.1 Å². The third-order valence-corrected chi connectivity index (χ3v) is 5.59. The average molecular weight is 318 g/mol. The van der Waals surface area contributed by atoms with E-state index in [4.69, 9.17) is 0 Å². The van der Waals surface area contributed by atoms with Crippen LogP contribution in [-0.4, -0.2) is 8.80 Å². The monoisotopic (exact) mass is 318 g/mol. The van der Waals surface area contributed by atoms with Crippen LogP contribution in [0, 0.1) is 0 Å². The largest absolute Gasteiger partial charge is 0.0877 e.